The van der Waals surface area contributed by atoms with Crippen LogP contribution in [0.25, 0.3) is 11.3 Å². The fraction of sp³-hybridized carbons (Fsp3) is 0.500. The number of aliphatic hydroxyl groups is 2. The van der Waals surface area contributed by atoms with Crippen molar-refractivity contribution in [2.24, 2.45) is 0 Å². The van der Waals surface area contributed by atoms with E-state index in [2.05, 4.69) is 22.4 Å². The topological polar surface area (TPSA) is 153 Å². The molecule has 1 saturated carbocycles. The molecule has 1 aliphatic carbocycles. The maximum atomic E-state index is 14.4. The van der Waals surface area contributed by atoms with Gasteiger partial charge in [0.1, 0.15) is 42.4 Å². The second-order valence-electron chi connectivity index (χ2n) is 9.80. The van der Waals surface area contributed by atoms with Gasteiger partial charge in [-0.3, -0.25) is 0 Å². The summed E-state index contributed by atoms with van der Waals surface area (Å²) in [7, 11) is 0. The second kappa shape index (κ2) is 10.1. The van der Waals surface area contributed by atoms with Gasteiger partial charge in [-0.2, -0.15) is 0 Å². The zero-order valence-electron chi connectivity index (χ0n) is 20.1. The first-order valence-corrected chi connectivity index (χ1v) is 11.9. The van der Waals surface area contributed by atoms with Crippen molar-refractivity contribution in [2.45, 2.75) is 62.1 Å². The van der Waals surface area contributed by atoms with Gasteiger partial charge < -0.3 is 29.3 Å². The molecule has 0 unspecified atom stereocenters. The third-order valence-corrected chi connectivity index (χ3v) is 7.07. The summed E-state index contributed by atoms with van der Waals surface area (Å²) in [6, 6.07) is 2.34. The maximum absolute atomic E-state index is 14.4. The number of carboxylic acids is 1. The smallest absolute Gasteiger partial charge is 0.329 e. The lowest BCUT2D eigenvalue weighted by molar-refractivity contribution is -0.220. The first kappa shape index (κ1) is 26.3. The molecule has 2 aromatic heterocycles. The standard InChI is InChI=1S/C24H25F3N4O7/c1-24(4-5-24)17-7-11(38-29-17)6-15-23(36-10-18(33)34)21(22(35)16(9-32)37-15)31-8-14(28-30-31)12-2-3-13(25)20(27)19(12)26/h2-3,7-8,15-16,21-23,32,35H,4-6,9-10H2,1H3,(H,33,34)/t15-,16-,21+,22+,23+/m1/s1. The molecule has 38 heavy (non-hydrogen) atoms. The summed E-state index contributed by atoms with van der Waals surface area (Å²) < 4.78 is 59.6. The van der Waals surface area contributed by atoms with Gasteiger partial charge in [-0.05, 0) is 25.0 Å². The first-order valence-electron chi connectivity index (χ1n) is 11.9. The Hall–Kier alpha value is -3.33. The highest BCUT2D eigenvalue weighted by Crippen LogP contribution is 2.47. The van der Waals surface area contributed by atoms with Crippen LogP contribution >= 0.6 is 0 Å². The van der Waals surface area contributed by atoms with Crippen molar-refractivity contribution in [2.75, 3.05) is 13.2 Å². The molecule has 1 saturated heterocycles. The minimum absolute atomic E-state index is 0.0619. The van der Waals surface area contributed by atoms with E-state index in [4.69, 9.17) is 14.0 Å². The molecule has 3 aromatic rings. The molecule has 204 valence electrons. The molecule has 0 spiro atoms. The van der Waals surface area contributed by atoms with Crippen LogP contribution in [0.2, 0.25) is 0 Å². The van der Waals surface area contributed by atoms with Crippen LogP contribution in [-0.4, -0.2) is 79.1 Å². The van der Waals surface area contributed by atoms with Crippen LogP contribution in [0.15, 0.2) is 28.9 Å². The molecule has 0 radical (unpaired) electrons. The number of aliphatic hydroxyl groups excluding tert-OH is 2. The van der Waals surface area contributed by atoms with Crippen LogP contribution in [0.1, 0.15) is 37.3 Å². The summed E-state index contributed by atoms with van der Waals surface area (Å²) in [4.78, 5) is 11.3. The number of carbonyl (C=O) groups is 1. The Labute approximate surface area is 213 Å². The SMILES string of the molecule is CC1(c2cc(C[C@H]3O[C@H](CO)[C@H](O)[C@H](n4cc(-c5ccc(F)c(F)c5F)nn4)[C@H]3OCC(=O)O)on2)CC1. The fourth-order valence-corrected chi connectivity index (χ4v) is 4.62. The number of aromatic nitrogens is 4. The zero-order chi connectivity index (χ0) is 27.2. The largest absolute Gasteiger partial charge is 0.480 e. The molecule has 1 aromatic carbocycles. The predicted molar refractivity (Wildman–Crippen MR) is 120 cm³/mol. The van der Waals surface area contributed by atoms with Crippen molar-refractivity contribution in [1.29, 1.82) is 0 Å². The number of rotatable bonds is 9. The number of benzene rings is 1. The van der Waals surface area contributed by atoms with Gasteiger partial charge in [0.15, 0.2) is 17.5 Å². The Balaban J connectivity index is 1.48. The molecule has 3 N–H and O–H groups in total. The Kier molecular flexibility index (Phi) is 6.98. The number of ether oxygens (including phenoxy) is 2. The van der Waals surface area contributed by atoms with Gasteiger partial charge in [0.25, 0.3) is 0 Å². The molecular weight excluding hydrogens is 513 g/mol. The summed E-state index contributed by atoms with van der Waals surface area (Å²) in [5, 5.41) is 42.0. The van der Waals surface area contributed by atoms with E-state index >= 15 is 0 Å². The number of aliphatic carboxylic acids is 1. The molecule has 1 aliphatic heterocycles. The summed E-state index contributed by atoms with van der Waals surface area (Å²) in [5.74, 6) is -5.39. The van der Waals surface area contributed by atoms with Gasteiger partial charge in [-0.25, -0.2) is 22.6 Å². The van der Waals surface area contributed by atoms with Gasteiger partial charge in [0.2, 0.25) is 0 Å². The Morgan fingerprint density at radius 3 is 2.68 bits per heavy atom. The maximum Gasteiger partial charge on any atom is 0.329 e. The number of carboxylic acid groups (broad SMARTS) is 1. The van der Waals surface area contributed by atoms with Crippen molar-refractivity contribution >= 4 is 5.97 Å². The van der Waals surface area contributed by atoms with Gasteiger partial charge in [0, 0.05) is 23.5 Å². The molecule has 2 fully saturated rings. The normalized spacial score (nSPS) is 26.4. The third-order valence-electron chi connectivity index (χ3n) is 7.07. The average Bonchev–Trinajstić information content (AvgIpc) is 3.25. The summed E-state index contributed by atoms with van der Waals surface area (Å²) in [5.41, 5.74) is 0.160. The Bertz CT molecular complexity index is 1330. The zero-order valence-corrected chi connectivity index (χ0v) is 20.1. The van der Waals surface area contributed by atoms with Crippen molar-refractivity contribution in [3.63, 3.8) is 0 Å². The number of hydrogen-bond acceptors (Lipinski definition) is 9. The quantitative estimate of drug-likeness (QED) is 0.344. The van der Waals surface area contributed by atoms with Crippen LogP contribution in [-0.2, 0) is 26.1 Å². The van der Waals surface area contributed by atoms with E-state index in [0.717, 1.165) is 35.4 Å². The highest BCUT2D eigenvalue weighted by Gasteiger charge is 2.48. The minimum Gasteiger partial charge on any atom is -0.480 e. The van der Waals surface area contributed by atoms with E-state index in [1.807, 2.05) is 0 Å². The molecule has 3 heterocycles. The van der Waals surface area contributed by atoms with Crippen LogP contribution in [0.4, 0.5) is 13.2 Å². The van der Waals surface area contributed by atoms with Crippen LogP contribution in [0, 0.1) is 17.5 Å². The number of halogens is 3. The van der Waals surface area contributed by atoms with E-state index in [9.17, 15) is 33.3 Å². The Morgan fingerprint density at radius 1 is 1.24 bits per heavy atom. The van der Waals surface area contributed by atoms with E-state index in [-0.39, 0.29) is 23.1 Å². The first-order chi connectivity index (χ1) is 18.1. The van der Waals surface area contributed by atoms with Crippen molar-refractivity contribution < 1.29 is 47.3 Å². The summed E-state index contributed by atoms with van der Waals surface area (Å²) >= 11 is 0. The van der Waals surface area contributed by atoms with Crippen LogP contribution in [0.3, 0.4) is 0 Å². The third kappa shape index (κ3) is 4.91. The predicted octanol–water partition coefficient (Wildman–Crippen LogP) is 1.78. The summed E-state index contributed by atoms with van der Waals surface area (Å²) in [6.45, 7) is 0.701. The molecule has 5 rings (SSSR count). The summed E-state index contributed by atoms with van der Waals surface area (Å²) in [6.07, 6.45) is -1.50. The van der Waals surface area contributed by atoms with Gasteiger partial charge in [-0.15, -0.1) is 5.10 Å². The van der Waals surface area contributed by atoms with E-state index < -0.39 is 67.1 Å². The Morgan fingerprint density at radius 2 is 2.00 bits per heavy atom. The van der Waals surface area contributed by atoms with E-state index in [1.54, 1.807) is 6.07 Å². The fourth-order valence-electron chi connectivity index (χ4n) is 4.62. The average molecular weight is 538 g/mol. The molecular formula is C24H25F3N4O7. The molecule has 11 nitrogen and oxygen atoms in total. The van der Waals surface area contributed by atoms with Gasteiger partial charge in [0.05, 0.1) is 24.6 Å². The minimum atomic E-state index is -1.68. The van der Waals surface area contributed by atoms with Crippen molar-refractivity contribution in [3.8, 4) is 11.3 Å². The van der Waals surface area contributed by atoms with Gasteiger partial charge >= 0.3 is 5.97 Å². The molecule has 2 aliphatic rings. The molecule has 0 amide bonds. The van der Waals surface area contributed by atoms with E-state index in [1.165, 1.54) is 6.20 Å². The van der Waals surface area contributed by atoms with Crippen molar-refractivity contribution in [3.05, 3.63) is 53.3 Å². The van der Waals surface area contributed by atoms with E-state index in [0.29, 0.717) is 5.76 Å². The molecule has 0 bridgehead atoms. The second-order valence-corrected chi connectivity index (χ2v) is 9.80. The molecule has 5 atom stereocenters. The number of nitrogens with zero attached hydrogens (tertiary/aromatic N) is 4. The molecule has 14 heteroatoms. The number of hydrogen-bond donors (Lipinski definition) is 3. The lowest BCUT2D eigenvalue weighted by Crippen LogP contribution is -2.57. The highest BCUT2D eigenvalue weighted by molar-refractivity contribution is 5.68. The van der Waals surface area contributed by atoms with Crippen LogP contribution < -0.4 is 0 Å². The monoisotopic (exact) mass is 538 g/mol. The van der Waals surface area contributed by atoms with Crippen LogP contribution in [0.5, 0.6) is 0 Å². The van der Waals surface area contributed by atoms with Crippen molar-refractivity contribution in [1.82, 2.24) is 20.2 Å². The highest BCUT2D eigenvalue weighted by atomic mass is 19.2. The lowest BCUT2D eigenvalue weighted by atomic mass is 9.90. The lowest BCUT2D eigenvalue weighted by Gasteiger charge is -2.43. The van der Waals surface area contributed by atoms with Gasteiger partial charge in [-0.1, -0.05) is 17.3 Å².